The Morgan fingerprint density at radius 3 is 2.26 bits per heavy atom. The molecule has 1 amide bonds. The standard InChI is InChI=1S/C21H32N2O4/c1-14(2)19(26-6)12-11-15(3)20(24)18(16(4)22)13-27-21(25)23(5)17-9-7-8-10-17/h11-12,17H,1,7-10,13,22H2,2-6H3/b15-11+,18-16-,19-12+. The van der Waals surface area contributed by atoms with Crippen LogP contribution in [0.3, 0.4) is 0 Å². The molecular formula is C21H32N2O4. The van der Waals surface area contributed by atoms with Crippen LogP contribution < -0.4 is 5.73 Å². The number of amides is 1. The average molecular weight is 376 g/mol. The van der Waals surface area contributed by atoms with Gasteiger partial charge in [0.05, 0.1) is 12.7 Å². The minimum atomic E-state index is -0.432. The van der Waals surface area contributed by atoms with E-state index in [1.54, 1.807) is 45.1 Å². The Morgan fingerprint density at radius 2 is 1.78 bits per heavy atom. The highest BCUT2D eigenvalue weighted by atomic mass is 16.6. The van der Waals surface area contributed by atoms with E-state index in [2.05, 4.69) is 6.58 Å². The predicted molar refractivity (Wildman–Crippen MR) is 107 cm³/mol. The van der Waals surface area contributed by atoms with Gasteiger partial charge in [-0.15, -0.1) is 0 Å². The molecule has 0 atom stereocenters. The van der Waals surface area contributed by atoms with Gasteiger partial charge in [0.25, 0.3) is 0 Å². The fourth-order valence-electron chi connectivity index (χ4n) is 2.93. The summed E-state index contributed by atoms with van der Waals surface area (Å²) in [7, 11) is 3.28. The Bertz CT molecular complexity index is 664. The van der Waals surface area contributed by atoms with E-state index in [4.69, 9.17) is 15.2 Å². The minimum absolute atomic E-state index is 0.149. The van der Waals surface area contributed by atoms with E-state index in [0.29, 0.717) is 17.0 Å². The molecule has 0 spiro atoms. The van der Waals surface area contributed by atoms with Gasteiger partial charge in [0.15, 0.2) is 5.78 Å². The summed E-state index contributed by atoms with van der Waals surface area (Å²) >= 11 is 0. The van der Waals surface area contributed by atoms with Crippen LogP contribution >= 0.6 is 0 Å². The van der Waals surface area contributed by atoms with Crippen molar-refractivity contribution in [1.29, 1.82) is 0 Å². The topological polar surface area (TPSA) is 81.9 Å². The van der Waals surface area contributed by atoms with Gasteiger partial charge in [-0.1, -0.05) is 25.5 Å². The van der Waals surface area contributed by atoms with E-state index >= 15 is 0 Å². The molecule has 6 heteroatoms. The molecule has 6 nitrogen and oxygen atoms in total. The van der Waals surface area contributed by atoms with Gasteiger partial charge in [-0.25, -0.2) is 4.79 Å². The second-order valence-electron chi connectivity index (χ2n) is 6.96. The molecule has 0 aliphatic heterocycles. The SMILES string of the molecule is C=C(C)/C(=C\C=C(/C)C(=O)/C(COC(=O)N(C)C1CCCC1)=C(/C)N)OC. The van der Waals surface area contributed by atoms with Gasteiger partial charge in [0.2, 0.25) is 0 Å². The van der Waals surface area contributed by atoms with Gasteiger partial charge in [-0.2, -0.15) is 0 Å². The number of carbonyl (C=O) groups is 2. The zero-order valence-electron chi connectivity index (χ0n) is 17.1. The van der Waals surface area contributed by atoms with Crippen molar-refractivity contribution in [3.8, 4) is 0 Å². The van der Waals surface area contributed by atoms with E-state index < -0.39 is 6.09 Å². The maximum Gasteiger partial charge on any atom is 0.410 e. The number of hydrogen-bond donors (Lipinski definition) is 1. The third-order valence-corrected chi connectivity index (χ3v) is 4.73. The van der Waals surface area contributed by atoms with Crippen molar-refractivity contribution in [2.24, 2.45) is 5.73 Å². The normalized spacial score (nSPS) is 16.6. The highest BCUT2D eigenvalue weighted by Gasteiger charge is 2.25. The lowest BCUT2D eigenvalue weighted by Gasteiger charge is -2.23. The van der Waals surface area contributed by atoms with Crippen molar-refractivity contribution in [3.63, 3.8) is 0 Å². The van der Waals surface area contributed by atoms with Gasteiger partial charge in [-0.05, 0) is 50.8 Å². The number of allylic oxidation sites excluding steroid dienone is 5. The van der Waals surface area contributed by atoms with Gasteiger partial charge in [-0.3, -0.25) is 4.79 Å². The van der Waals surface area contributed by atoms with Gasteiger partial charge >= 0.3 is 6.09 Å². The molecule has 27 heavy (non-hydrogen) atoms. The highest BCUT2D eigenvalue weighted by molar-refractivity contribution is 6.08. The first kappa shape index (κ1) is 22.5. The van der Waals surface area contributed by atoms with E-state index in [-0.39, 0.29) is 24.0 Å². The molecule has 0 saturated heterocycles. The lowest BCUT2D eigenvalue weighted by Crippen LogP contribution is -2.36. The second kappa shape index (κ2) is 10.6. The van der Waals surface area contributed by atoms with E-state index in [1.807, 2.05) is 6.92 Å². The third-order valence-electron chi connectivity index (χ3n) is 4.73. The van der Waals surface area contributed by atoms with Crippen LogP contribution in [0.25, 0.3) is 0 Å². The second-order valence-corrected chi connectivity index (χ2v) is 6.96. The van der Waals surface area contributed by atoms with Crippen molar-refractivity contribution >= 4 is 11.9 Å². The van der Waals surface area contributed by atoms with Crippen molar-refractivity contribution in [2.75, 3.05) is 20.8 Å². The maximum atomic E-state index is 12.7. The summed E-state index contributed by atoms with van der Waals surface area (Å²) in [6.07, 6.45) is 7.12. The fraction of sp³-hybridized carbons (Fsp3) is 0.524. The molecule has 0 aromatic rings. The monoisotopic (exact) mass is 376 g/mol. The number of carbonyl (C=O) groups excluding carboxylic acids is 2. The highest BCUT2D eigenvalue weighted by Crippen LogP contribution is 2.23. The molecule has 1 aliphatic carbocycles. The Morgan fingerprint density at radius 1 is 1.19 bits per heavy atom. The molecule has 0 aromatic heterocycles. The molecule has 1 aliphatic rings. The lowest BCUT2D eigenvalue weighted by atomic mass is 10.0. The largest absolute Gasteiger partial charge is 0.497 e. The molecule has 0 heterocycles. The van der Waals surface area contributed by atoms with E-state index in [1.165, 1.54) is 0 Å². The number of rotatable bonds is 8. The Kier molecular flexibility index (Phi) is 8.85. The Labute approximate surface area is 162 Å². The summed E-state index contributed by atoms with van der Waals surface area (Å²) in [6, 6.07) is 0.209. The lowest BCUT2D eigenvalue weighted by molar-refractivity contribution is -0.112. The Balaban J connectivity index is 2.80. The zero-order chi connectivity index (χ0) is 20.6. The van der Waals surface area contributed by atoms with Crippen LogP contribution in [0.5, 0.6) is 0 Å². The first-order valence-corrected chi connectivity index (χ1v) is 9.17. The van der Waals surface area contributed by atoms with Crippen LogP contribution in [0.4, 0.5) is 4.79 Å². The number of methoxy groups -OCH3 is 1. The summed E-state index contributed by atoms with van der Waals surface area (Å²) in [5, 5.41) is 0. The number of nitrogens with two attached hydrogens (primary N) is 1. The molecule has 0 unspecified atom stereocenters. The molecule has 0 radical (unpaired) electrons. The van der Waals surface area contributed by atoms with Gasteiger partial charge < -0.3 is 20.1 Å². The fourth-order valence-corrected chi connectivity index (χ4v) is 2.93. The molecule has 150 valence electrons. The zero-order valence-corrected chi connectivity index (χ0v) is 17.1. The molecular weight excluding hydrogens is 344 g/mol. The van der Waals surface area contributed by atoms with Crippen molar-refractivity contribution in [3.05, 3.63) is 46.9 Å². The molecule has 1 saturated carbocycles. The van der Waals surface area contributed by atoms with Crippen LogP contribution in [0.15, 0.2) is 46.9 Å². The van der Waals surface area contributed by atoms with Gasteiger partial charge in [0, 0.05) is 18.8 Å². The molecule has 1 rings (SSSR count). The van der Waals surface area contributed by atoms with Crippen LogP contribution in [0, 0.1) is 0 Å². The predicted octanol–water partition coefficient (Wildman–Crippen LogP) is 3.85. The van der Waals surface area contributed by atoms with E-state index in [0.717, 1.165) is 31.3 Å². The molecule has 2 N–H and O–H groups in total. The van der Waals surface area contributed by atoms with Crippen LogP contribution in [-0.2, 0) is 14.3 Å². The van der Waals surface area contributed by atoms with Crippen molar-refractivity contribution in [2.45, 2.75) is 52.5 Å². The number of Topliss-reactive ketones (excluding diaryl/α,β-unsaturated/α-hetero) is 1. The number of nitrogens with zero attached hydrogens (tertiary/aromatic N) is 1. The van der Waals surface area contributed by atoms with Crippen molar-refractivity contribution in [1.82, 2.24) is 4.90 Å². The smallest absolute Gasteiger partial charge is 0.410 e. The number of hydrogen-bond acceptors (Lipinski definition) is 5. The summed E-state index contributed by atoms with van der Waals surface area (Å²) in [5.41, 5.74) is 7.69. The maximum absolute atomic E-state index is 12.7. The summed E-state index contributed by atoms with van der Waals surface area (Å²) in [4.78, 5) is 26.6. The number of ether oxygens (including phenoxy) is 2. The van der Waals surface area contributed by atoms with Gasteiger partial charge in [0.1, 0.15) is 12.4 Å². The third kappa shape index (κ3) is 6.62. The summed E-state index contributed by atoms with van der Waals surface area (Å²) in [6.45, 7) is 8.78. The van der Waals surface area contributed by atoms with Crippen LogP contribution in [0.1, 0.15) is 46.5 Å². The van der Waals surface area contributed by atoms with E-state index in [9.17, 15) is 9.59 Å². The Hall–Kier alpha value is -2.50. The average Bonchev–Trinajstić information content (AvgIpc) is 3.15. The summed E-state index contributed by atoms with van der Waals surface area (Å²) < 4.78 is 10.5. The summed E-state index contributed by atoms with van der Waals surface area (Å²) in [5.74, 6) is 0.321. The molecule has 0 bridgehead atoms. The van der Waals surface area contributed by atoms with Crippen LogP contribution in [-0.4, -0.2) is 43.6 Å². The number of ketones is 1. The first-order chi connectivity index (χ1) is 12.7. The first-order valence-electron chi connectivity index (χ1n) is 9.17. The molecule has 1 fully saturated rings. The molecule has 0 aromatic carbocycles. The quantitative estimate of drug-likeness (QED) is 0.395. The van der Waals surface area contributed by atoms with Crippen molar-refractivity contribution < 1.29 is 19.1 Å². The van der Waals surface area contributed by atoms with Crippen LogP contribution in [0.2, 0.25) is 0 Å². The minimum Gasteiger partial charge on any atom is -0.497 e.